The van der Waals surface area contributed by atoms with Crippen molar-refractivity contribution < 1.29 is 9.53 Å². The van der Waals surface area contributed by atoms with E-state index in [2.05, 4.69) is 12.8 Å². The van der Waals surface area contributed by atoms with Crippen LogP contribution in [0.25, 0.3) is 0 Å². The zero-order chi connectivity index (χ0) is 11.8. The van der Waals surface area contributed by atoms with Crippen molar-refractivity contribution >= 4 is 18.9 Å². The number of carbonyl (C=O) groups excluding carboxylic acids is 1. The molecule has 16 heavy (non-hydrogen) atoms. The van der Waals surface area contributed by atoms with Gasteiger partial charge in [-0.3, -0.25) is 0 Å². The van der Waals surface area contributed by atoms with Gasteiger partial charge < -0.3 is 4.74 Å². The Labute approximate surface area is 101 Å². The third kappa shape index (κ3) is 2.02. The number of ether oxygens (including phenoxy) is 1. The van der Waals surface area contributed by atoms with E-state index in [-0.39, 0.29) is 12.1 Å². The first-order valence-corrected chi connectivity index (χ1v) is 5.66. The average molecular weight is 237 g/mol. The first kappa shape index (κ1) is 11.3. The first-order valence-electron chi connectivity index (χ1n) is 5.26. The van der Waals surface area contributed by atoms with Gasteiger partial charge in [-0.1, -0.05) is 43.1 Å². The van der Waals surface area contributed by atoms with Gasteiger partial charge in [-0.2, -0.15) is 0 Å². The van der Waals surface area contributed by atoms with Crippen LogP contribution in [0.1, 0.15) is 19.4 Å². The molecule has 0 aliphatic carbocycles. The molecular weight excluding hydrogens is 222 g/mol. The highest BCUT2D eigenvalue weighted by Crippen LogP contribution is 2.32. The number of benzene rings is 1. The van der Waals surface area contributed by atoms with Gasteiger partial charge in [-0.05, 0) is 25.8 Å². The van der Waals surface area contributed by atoms with E-state index in [9.17, 15) is 4.79 Å². The molecule has 1 aromatic rings. The number of hydrogen-bond donors (Lipinski definition) is 1. The summed E-state index contributed by atoms with van der Waals surface area (Å²) in [5.74, 6) is 0. The fourth-order valence-corrected chi connectivity index (χ4v) is 2.33. The molecule has 1 saturated heterocycles. The number of nitrogens with zero attached hydrogens (tertiary/aromatic N) is 1. The molecule has 1 amide bonds. The van der Waals surface area contributed by atoms with Crippen LogP contribution < -0.4 is 0 Å². The summed E-state index contributed by atoms with van der Waals surface area (Å²) in [6, 6.07) is 10.0. The van der Waals surface area contributed by atoms with E-state index < -0.39 is 5.60 Å². The number of rotatable bonds is 2. The normalized spacial score (nSPS) is 23.3. The summed E-state index contributed by atoms with van der Waals surface area (Å²) < 4.78 is 6.64. The van der Waals surface area contributed by atoms with Crippen LogP contribution in [0.15, 0.2) is 30.3 Å². The van der Waals surface area contributed by atoms with Crippen molar-refractivity contribution in [2.24, 2.45) is 0 Å². The molecule has 3 nitrogen and oxygen atoms in total. The minimum Gasteiger partial charge on any atom is -0.441 e. The summed E-state index contributed by atoms with van der Waals surface area (Å²) in [6.45, 7) is 3.82. The minimum absolute atomic E-state index is 0.0364. The maximum absolute atomic E-state index is 11.4. The third-order valence-electron chi connectivity index (χ3n) is 2.91. The predicted molar refractivity (Wildman–Crippen MR) is 65.3 cm³/mol. The molecule has 1 aromatic carbocycles. The van der Waals surface area contributed by atoms with Gasteiger partial charge in [0.2, 0.25) is 0 Å². The Morgan fingerprint density at radius 2 is 2.00 bits per heavy atom. The lowest BCUT2D eigenvalue weighted by Crippen LogP contribution is -2.39. The lowest BCUT2D eigenvalue weighted by molar-refractivity contribution is 0.0682. The molecule has 0 aromatic heterocycles. The van der Waals surface area contributed by atoms with Gasteiger partial charge in [0.1, 0.15) is 5.60 Å². The Morgan fingerprint density at radius 1 is 1.38 bits per heavy atom. The van der Waals surface area contributed by atoms with Crippen LogP contribution in [0.3, 0.4) is 0 Å². The highest BCUT2D eigenvalue weighted by molar-refractivity contribution is 7.78. The Balaban J connectivity index is 2.18. The number of hydrogen-bond acceptors (Lipinski definition) is 3. The molecule has 4 heteroatoms. The highest BCUT2D eigenvalue weighted by atomic mass is 32.1. The number of thiol groups is 1. The summed E-state index contributed by atoms with van der Waals surface area (Å²) in [5, 5.41) is 0. The van der Waals surface area contributed by atoms with Gasteiger partial charge in [0, 0.05) is 0 Å². The standard InChI is InChI=1S/C12H15NO2S/c1-12(2)10(13(16)11(14)15-12)8-9-6-4-3-5-7-9/h3-7,10,16H,8H2,1-2H3. The highest BCUT2D eigenvalue weighted by Gasteiger charge is 2.46. The molecule has 0 saturated carbocycles. The van der Waals surface area contributed by atoms with E-state index in [0.29, 0.717) is 0 Å². The van der Waals surface area contributed by atoms with E-state index in [1.165, 1.54) is 9.87 Å². The molecule has 0 N–H and O–H groups in total. The molecule has 86 valence electrons. The van der Waals surface area contributed by atoms with Gasteiger partial charge in [0.05, 0.1) is 6.04 Å². The van der Waals surface area contributed by atoms with E-state index in [0.717, 1.165) is 6.42 Å². The molecule has 0 bridgehead atoms. The fourth-order valence-electron chi connectivity index (χ4n) is 1.93. The van der Waals surface area contributed by atoms with Crippen molar-refractivity contribution in [1.82, 2.24) is 4.31 Å². The van der Waals surface area contributed by atoms with Crippen molar-refractivity contribution in [3.05, 3.63) is 35.9 Å². The van der Waals surface area contributed by atoms with Crippen LogP contribution in [-0.4, -0.2) is 22.0 Å². The van der Waals surface area contributed by atoms with Gasteiger partial charge in [0.15, 0.2) is 0 Å². The van der Waals surface area contributed by atoms with Crippen LogP contribution >= 0.6 is 12.8 Å². The van der Waals surface area contributed by atoms with Crippen molar-refractivity contribution in [3.8, 4) is 0 Å². The second-order valence-corrected chi connectivity index (χ2v) is 4.95. The van der Waals surface area contributed by atoms with Crippen LogP contribution in [0.4, 0.5) is 4.79 Å². The zero-order valence-corrected chi connectivity index (χ0v) is 10.3. The maximum Gasteiger partial charge on any atom is 0.420 e. The Hall–Kier alpha value is -1.16. The third-order valence-corrected chi connectivity index (χ3v) is 3.35. The Bertz CT molecular complexity index is 391. The molecule has 1 heterocycles. The van der Waals surface area contributed by atoms with E-state index >= 15 is 0 Å². The topological polar surface area (TPSA) is 29.5 Å². The average Bonchev–Trinajstić information content (AvgIpc) is 2.42. The minimum atomic E-state index is -0.491. The molecule has 0 radical (unpaired) electrons. The summed E-state index contributed by atoms with van der Waals surface area (Å²) in [4.78, 5) is 11.4. The molecule has 1 atom stereocenters. The largest absolute Gasteiger partial charge is 0.441 e. The second kappa shape index (κ2) is 4.01. The van der Waals surface area contributed by atoms with E-state index in [4.69, 9.17) is 4.74 Å². The summed E-state index contributed by atoms with van der Waals surface area (Å²) >= 11 is 4.18. The molecule has 1 unspecified atom stereocenters. The molecule has 1 aliphatic rings. The van der Waals surface area contributed by atoms with Crippen LogP contribution in [0.5, 0.6) is 0 Å². The Morgan fingerprint density at radius 3 is 2.50 bits per heavy atom. The van der Waals surface area contributed by atoms with Crippen LogP contribution in [0, 0.1) is 0 Å². The van der Waals surface area contributed by atoms with Crippen LogP contribution in [0.2, 0.25) is 0 Å². The SMILES string of the molecule is CC1(C)OC(=O)N(S)C1Cc1ccccc1. The van der Waals surface area contributed by atoms with Gasteiger partial charge in [-0.25, -0.2) is 9.10 Å². The number of amides is 1. The monoisotopic (exact) mass is 237 g/mol. The van der Waals surface area contributed by atoms with Gasteiger partial charge >= 0.3 is 6.09 Å². The molecule has 0 spiro atoms. The van der Waals surface area contributed by atoms with Crippen molar-refractivity contribution in [3.63, 3.8) is 0 Å². The summed E-state index contributed by atoms with van der Waals surface area (Å²) in [5.41, 5.74) is 0.687. The van der Waals surface area contributed by atoms with Gasteiger partial charge in [-0.15, -0.1) is 0 Å². The first-order chi connectivity index (χ1) is 7.50. The quantitative estimate of drug-likeness (QED) is 0.801. The Kier molecular flexibility index (Phi) is 2.84. The lowest BCUT2D eigenvalue weighted by atomic mass is 9.93. The van der Waals surface area contributed by atoms with E-state index in [1.807, 2.05) is 44.2 Å². The van der Waals surface area contributed by atoms with E-state index in [1.54, 1.807) is 0 Å². The predicted octanol–water partition coefficient (Wildman–Crippen LogP) is 2.67. The van der Waals surface area contributed by atoms with Crippen molar-refractivity contribution in [2.45, 2.75) is 31.9 Å². The molecule has 1 aliphatic heterocycles. The number of cyclic esters (lactones) is 1. The zero-order valence-electron chi connectivity index (χ0n) is 9.38. The van der Waals surface area contributed by atoms with Crippen molar-refractivity contribution in [2.75, 3.05) is 0 Å². The summed E-state index contributed by atoms with van der Waals surface area (Å²) in [7, 11) is 0. The molecular formula is C12H15NO2S. The molecule has 2 rings (SSSR count). The lowest BCUT2D eigenvalue weighted by Gasteiger charge is -2.26. The second-order valence-electron chi connectivity index (χ2n) is 4.52. The molecule has 1 fully saturated rings. The number of carbonyl (C=O) groups is 1. The summed E-state index contributed by atoms with van der Waals surface area (Å²) in [6.07, 6.45) is 0.387. The van der Waals surface area contributed by atoms with Crippen molar-refractivity contribution in [1.29, 1.82) is 0 Å². The van der Waals surface area contributed by atoms with Gasteiger partial charge in [0.25, 0.3) is 0 Å². The smallest absolute Gasteiger partial charge is 0.420 e. The fraction of sp³-hybridized carbons (Fsp3) is 0.417. The van der Waals surface area contributed by atoms with Crippen LogP contribution in [-0.2, 0) is 11.2 Å². The maximum atomic E-state index is 11.4.